The zero-order valence-corrected chi connectivity index (χ0v) is 21.3. The zero-order valence-electron chi connectivity index (χ0n) is 21.3. The van der Waals surface area contributed by atoms with Crippen LogP contribution in [0.1, 0.15) is 36.2 Å². The smallest absolute Gasteiger partial charge is 0.273 e. The summed E-state index contributed by atoms with van der Waals surface area (Å²) in [6, 6.07) is 15.4. The first-order valence-electron chi connectivity index (χ1n) is 13.1. The molecule has 1 aliphatic carbocycles. The number of carbonyl (C=O) groups excluding carboxylic acids is 2. The Morgan fingerprint density at radius 3 is 2.46 bits per heavy atom. The number of nitrogens with zero attached hydrogens (tertiary/aromatic N) is 5. The van der Waals surface area contributed by atoms with Gasteiger partial charge < -0.3 is 19.9 Å². The molecule has 3 aromatic rings. The number of pyridine rings is 1. The number of nitrogens with one attached hydrogen (secondary N) is 1. The largest absolute Gasteiger partial charge is 0.383 e. The van der Waals surface area contributed by atoms with Gasteiger partial charge in [-0.15, -0.1) is 0 Å². The molecule has 0 spiro atoms. The number of benzene rings is 1. The van der Waals surface area contributed by atoms with Gasteiger partial charge in [0.2, 0.25) is 5.91 Å². The van der Waals surface area contributed by atoms with Gasteiger partial charge in [-0.25, -0.2) is 4.98 Å². The van der Waals surface area contributed by atoms with Crippen molar-refractivity contribution in [3.8, 4) is 11.3 Å². The van der Waals surface area contributed by atoms with E-state index < -0.39 is 0 Å². The van der Waals surface area contributed by atoms with E-state index in [9.17, 15) is 9.59 Å². The van der Waals surface area contributed by atoms with Crippen LogP contribution in [0.5, 0.6) is 0 Å². The summed E-state index contributed by atoms with van der Waals surface area (Å²) in [5.41, 5.74) is 2.76. The van der Waals surface area contributed by atoms with Gasteiger partial charge in [-0.05, 0) is 31.0 Å². The molecule has 1 aromatic carbocycles. The summed E-state index contributed by atoms with van der Waals surface area (Å²) >= 11 is 0. The minimum Gasteiger partial charge on any atom is -0.383 e. The van der Waals surface area contributed by atoms with Gasteiger partial charge in [-0.3, -0.25) is 14.3 Å². The molecule has 1 saturated carbocycles. The summed E-state index contributed by atoms with van der Waals surface area (Å²) in [5, 5.41) is 7.57. The number of carbonyl (C=O) groups is 2. The van der Waals surface area contributed by atoms with Crippen LogP contribution >= 0.6 is 0 Å². The predicted octanol–water partition coefficient (Wildman–Crippen LogP) is 3.68. The molecule has 9 nitrogen and oxygen atoms in total. The fourth-order valence-corrected chi connectivity index (χ4v) is 5.13. The highest BCUT2D eigenvalue weighted by atomic mass is 16.5. The van der Waals surface area contributed by atoms with E-state index in [1.165, 1.54) is 12.8 Å². The minimum absolute atomic E-state index is 0.224. The zero-order chi connectivity index (χ0) is 25.6. The molecule has 9 heteroatoms. The molecule has 0 radical (unpaired) electrons. The Kier molecular flexibility index (Phi) is 7.79. The van der Waals surface area contributed by atoms with Crippen molar-refractivity contribution in [1.29, 1.82) is 0 Å². The van der Waals surface area contributed by atoms with Gasteiger partial charge in [-0.2, -0.15) is 5.10 Å². The number of hydrogen-bond donors (Lipinski definition) is 1. The number of methoxy groups -OCH3 is 1. The Labute approximate surface area is 217 Å². The van der Waals surface area contributed by atoms with Crippen molar-refractivity contribution < 1.29 is 14.3 Å². The second-order valence-electron chi connectivity index (χ2n) is 9.65. The Morgan fingerprint density at radius 1 is 1.03 bits per heavy atom. The van der Waals surface area contributed by atoms with E-state index in [0.717, 1.165) is 56.1 Å². The third kappa shape index (κ3) is 5.83. The molecule has 1 saturated heterocycles. The number of amides is 2. The first kappa shape index (κ1) is 25.0. The molecule has 5 rings (SSSR count). The van der Waals surface area contributed by atoms with Gasteiger partial charge in [-0.1, -0.05) is 43.2 Å². The number of anilines is 2. The molecule has 2 aliphatic rings. The van der Waals surface area contributed by atoms with Crippen molar-refractivity contribution in [2.45, 2.75) is 32.2 Å². The molecule has 2 amide bonds. The van der Waals surface area contributed by atoms with Crippen LogP contribution in [-0.4, -0.2) is 71.4 Å². The SMILES string of the molecule is COCCn1nc(-c2ccccc2)cc1C(=O)Nc1ccc(N2CCN(C(=O)C3CCCC3)CC2)nc1. The Bertz CT molecular complexity index is 1200. The van der Waals surface area contributed by atoms with Crippen LogP contribution in [0.3, 0.4) is 0 Å². The molecule has 0 unspecified atom stereocenters. The molecule has 2 aromatic heterocycles. The number of rotatable bonds is 8. The summed E-state index contributed by atoms with van der Waals surface area (Å²) in [7, 11) is 1.63. The molecule has 2 fully saturated rings. The van der Waals surface area contributed by atoms with Gasteiger partial charge in [0.15, 0.2) is 0 Å². The standard InChI is InChI=1S/C28H34N6O3/c1-37-18-17-34-25(19-24(31-34)21-7-3-2-4-8-21)27(35)30-23-11-12-26(29-20-23)32-13-15-33(16-14-32)28(36)22-9-5-6-10-22/h2-4,7-8,11-12,19-20,22H,5-6,9-10,13-18H2,1H3,(H,30,35). The number of aromatic nitrogens is 3. The van der Waals surface area contributed by atoms with Crippen LogP contribution in [0.25, 0.3) is 11.3 Å². The first-order chi connectivity index (χ1) is 18.1. The van der Waals surface area contributed by atoms with Crippen LogP contribution < -0.4 is 10.2 Å². The lowest BCUT2D eigenvalue weighted by atomic mass is 10.1. The fraction of sp³-hybridized carbons (Fsp3) is 0.429. The summed E-state index contributed by atoms with van der Waals surface area (Å²) in [5.74, 6) is 1.15. The quantitative estimate of drug-likeness (QED) is 0.505. The normalized spacial score (nSPS) is 16.2. The molecule has 3 heterocycles. The highest BCUT2D eigenvalue weighted by molar-refractivity contribution is 6.03. The molecule has 0 atom stereocenters. The summed E-state index contributed by atoms with van der Waals surface area (Å²) < 4.78 is 6.88. The van der Waals surface area contributed by atoms with Gasteiger partial charge in [0.25, 0.3) is 5.91 Å². The minimum atomic E-state index is -0.251. The molecule has 0 bridgehead atoms. The Balaban J connectivity index is 1.21. The predicted molar refractivity (Wildman–Crippen MR) is 142 cm³/mol. The topological polar surface area (TPSA) is 92.6 Å². The van der Waals surface area contributed by atoms with E-state index in [1.54, 1.807) is 24.1 Å². The first-order valence-corrected chi connectivity index (χ1v) is 13.1. The maximum Gasteiger partial charge on any atom is 0.273 e. The van der Waals surface area contributed by atoms with Crippen molar-refractivity contribution in [2.75, 3.05) is 50.1 Å². The average Bonchev–Trinajstić information content (AvgIpc) is 3.63. The maximum absolute atomic E-state index is 13.1. The van der Waals surface area contributed by atoms with Crippen molar-refractivity contribution >= 4 is 23.3 Å². The van der Waals surface area contributed by atoms with Crippen molar-refractivity contribution in [3.63, 3.8) is 0 Å². The average molecular weight is 503 g/mol. The van der Waals surface area contributed by atoms with Crippen LogP contribution in [0.15, 0.2) is 54.7 Å². The van der Waals surface area contributed by atoms with Crippen molar-refractivity contribution in [1.82, 2.24) is 19.7 Å². The summed E-state index contributed by atoms with van der Waals surface area (Å²) in [6.07, 6.45) is 6.10. The third-order valence-electron chi connectivity index (χ3n) is 7.21. The summed E-state index contributed by atoms with van der Waals surface area (Å²) in [4.78, 5) is 34.6. The van der Waals surface area contributed by atoms with E-state index in [4.69, 9.17) is 4.74 Å². The second kappa shape index (κ2) is 11.6. The highest BCUT2D eigenvalue weighted by Gasteiger charge is 2.29. The lowest BCUT2D eigenvalue weighted by molar-refractivity contribution is -0.135. The lowest BCUT2D eigenvalue weighted by Gasteiger charge is -2.36. The van der Waals surface area contributed by atoms with Crippen LogP contribution in [0.2, 0.25) is 0 Å². The molecule has 194 valence electrons. The maximum atomic E-state index is 13.1. The van der Waals surface area contributed by atoms with Crippen LogP contribution in [0, 0.1) is 5.92 Å². The molecule has 1 N–H and O–H groups in total. The van der Waals surface area contributed by atoms with Crippen molar-refractivity contribution in [3.05, 3.63) is 60.4 Å². The summed E-state index contributed by atoms with van der Waals surface area (Å²) in [6.45, 7) is 3.90. The molecular formula is C28H34N6O3. The van der Waals surface area contributed by atoms with Crippen LogP contribution in [-0.2, 0) is 16.1 Å². The Hall–Kier alpha value is -3.72. The Morgan fingerprint density at radius 2 is 1.78 bits per heavy atom. The van der Waals surface area contributed by atoms with E-state index in [-0.39, 0.29) is 11.8 Å². The number of hydrogen-bond acceptors (Lipinski definition) is 6. The number of ether oxygens (including phenoxy) is 1. The monoisotopic (exact) mass is 502 g/mol. The van der Waals surface area contributed by atoms with Crippen molar-refractivity contribution in [2.24, 2.45) is 5.92 Å². The van der Waals surface area contributed by atoms with E-state index in [2.05, 4.69) is 20.3 Å². The van der Waals surface area contributed by atoms with Gasteiger partial charge in [0.1, 0.15) is 11.5 Å². The van der Waals surface area contributed by atoms with E-state index >= 15 is 0 Å². The molecular weight excluding hydrogens is 468 g/mol. The second-order valence-corrected chi connectivity index (χ2v) is 9.65. The third-order valence-corrected chi connectivity index (χ3v) is 7.21. The highest BCUT2D eigenvalue weighted by Crippen LogP contribution is 2.27. The van der Waals surface area contributed by atoms with Gasteiger partial charge in [0.05, 0.1) is 30.7 Å². The van der Waals surface area contributed by atoms with Gasteiger partial charge >= 0.3 is 0 Å². The number of piperazine rings is 1. The van der Waals surface area contributed by atoms with E-state index in [1.807, 2.05) is 47.4 Å². The molecule has 1 aliphatic heterocycles. The van der Waals surface area contributed by atoms with Gasteiger partial charge in [0, 0.05) is 44.8 Å². The lowest BCUT2D eigenvalue weighted by Crippen LogP contribution is -2.50. The fourth-order valence-electron chi connectivity index (χ4n) is 5.13. The van der Waals surface area contributed by atoms with Crippen LogP contribution in [0.4, 0.5) is 11.5 Å². The molecule has 37 heavy (non-hydrogen) atoms. The van der Waals surface area contributed by atoms with E-state index in [0.29, 0.717) is 30.4 Å².